The van der Waals surface area contributed by atoms with Gasteiger partial charge in [0.25, 0.3) is 7.82 Å². The van der Waals surface area contributed by atoms with E-state index in [2.05, 4.69) is 38.2 Å². The van der Waals surface area contributed by atoms with E-state index in [9.17, 15) is 19.0 Å². The van der Waals surface area contributed by atoms with Crippen molar-refractivity contribution in [3.8, 4) is 0 Å². The highest BCUT2D eigenvalue weighted by molar-refractivity contribution is 7.45. The van der Waals surface area contributed by atoms with Crippen LogP contribution in [0.25, 0.3) is 0 Å². The number of hydrogen-bond acceptors (Lipinski definition) is 8. The number of allylic oxidation sites excluding steroid dienone is 4. The van der Waals surface area contributed by atoms with E-state index in [1.807, 2.05) is 21.1 Å². The average Bonchev–Trinajstić information content (AvgIpc) is 3.69. The Morgan fingerprint density at radius 2 is 0.593 bits per heavy atom. The van der Waals surface area contributed by atoms with E-state index >= 15 is 0 Å². The number of likely N-dealkylation sites (N-methyl/N-ethyl adjacent to an activating group) is 1. The van der Waals surface area contributed by atoms with Gasteiger partial charge in [0.1, 0.15) is 19.8 Å². The van der Waals surface area contributed by atoms with Crippen LogP contribution in [0.1, 0.15) is 431 Å². The lowest BCUT2D eigenvalue weighted by Gasteiger charge is -2.28. The summed E-state index contributed by atoms with van der Waals surface area (Å²) in [5, 5.41) is 0. The lowest BCUT2D eigenvalue weighted by Crippen LogP contribution is -2.37. The van der Waals surface area contributed by atoms with Gasteiger partial charge in [-0.15, -0.1) is 0 Å². The maximum absolute atomic E-state index is 12.9. The van der Waals surface area contributed by atoms with Gasteiger partial charge in [-0.1, -0.05) is 398 Å². The number of carbonyl (C=O) groups is 2. The summed E-state index contributed by atoms with van der Waals surface area (Å²) in [6, 6.07) is 0. The summed E-state index contributed by atoms with van der Waals surface area (Å²) < 4.78 is 34.4. The van der Waals surface area contributed by atoms with Crippen LogP contribution in [-0.2, 0) is 32.7 Å². The monoisotopic (exact) mass is 1300 g/mol. The third kappa shape index (κ3) is 77.4. The summed E-state index contributed by atoms with van der Waals surface area (Å²) in [4.78, 5) is 38.2. The maximum Gasteiger partial charge on any atom is 0.306 e. The van der Waals surface area contributed by atoms with Crippen molar-refractivity contribution in [2.24, 2.45) is 0 Å². The summed E-state index contributed by atoms with van der Waals surface area (Å²) in [6.45, 7) is 4.32. The first-order chi connectivity index (χ1) is 44.5. The summed E-state index contributed by atoms with van der Waals surface area (Å²) >= 11 is 0. The average molecular weight is 1310 g/mol. The number of phosphoric acid groups is 1. The van der Waals surface area contributed by atoms with Crippen molar-refractivity contribution in [2.45, 2.75) is 437 Å². The van der Waals surface area contributed by atoms with Crippen LogP contribution in [0.3, 0.4) is 0 Å². The van der Waals surface area contributed by atoms with Gasteiger partial charge in [-0.2, -0.15) is 0 Å². The quantitative estimate of drug-likeness (QED) is 0.0195. The van der Waals surface area contributed by atoms with Crippen LogP contribution < -0.4 is 4.89 Å². The van der Waals surface area contributed by atoms with Gasteiger partial charge >= 0.3 is 11.9 Å². The van der Waals surface area contributed by atoms with E-state index in [-0.39, 0.29) is 32.0 Å². The first-order valence-electron chi connectivity index (χ1n) is 40.5. The van der Waals surface area contributed by atoms with Gasteiger partial charge in [0.15, 0.2) is 6.10 Å². The molecule has 0 radical (unpaired) electrons. The van der Waals surface area contributed by atoms with Crippen LogP contribution in [0.2, 0.25) is 0 Å². The van der Waals surface area contributed by atoms with Gasteiger partial charge in [-0.05, 0) is 44.9 Å². The molecule has 0 fully saturated rings. The molecule has 0 N–H and O–H groups in total. The summed E-state index contributed by atoms with van der Waals surface area (Å²) in [5.74, 6) is -0.803. The molecule has 2 atom stereocenters. The SMILES string of the molecule is CCCCCCC/C=C\C/C=C\CCCCCCCCCCCCCCCCCCCCCCCCCCCC(=O)OC(COC(=O)CCCCCCCCCCCCCCCCCCCCCCCCCCCCCCCC)COP(=O)([O-])OCC[N+](C)(C)C. The molecule has 0 aliphatic carbocycles. The number of rotatable bonds is 77. The molecule has 0 aromatic carbocycles. The fourth-order valence-electron chi connectivity index (χ4n) is 12.5. The van der Waals surface area contributed by atoms with E-state index in [1.165, 1.54) is 360 Å². The Labute approximate surface area is 568 Å². The van der Waals surface area contributed by atoms with Gasteiger partial charge < -0.3 is 27.9 Å². The number of hydrogen-bond donors (Lipinski definition) is 0. The van der Waals surface area contributed by atoms with Gasteiger partial charge in [-0.25, -0.2) is 0 Å². The Morgan fingerprint density at radius 1 is 0.341 bits per heavy atom. The molecule has 2 unspecified atom stereocenters. The lowest BCUT2D eigenvalue weighted by molar-refractivity contribution is -0.870. The molecule has 0 spiro atoms. The fourth-order valence-corrected chi connectivity index (χ4v) is 13.2. The molecule has 0 rings (SSSR count). The van der Waals surface area contributed by atoms with E-state index < -0.39 is 26.5 Å². The first kappa shape index (κ1) is 89.5. The number of nitrogens with zero attached hydrogens (tertiary/aromatic N) is 1. The minimum absolute atomic E-state index is 0.0260. The zero-order chi connectivity index (χ0) is 66.2. The van der Waals surface area contributed by atoms with E-state index in [4.69, 9.17) is 18.5 Å². The Kier molecular flexibility index (Phi) is 71.5. The summed E-state index contributed by atoms with van der Waals surface area (Å²) in [7, 11) is 1.20. The van der Waals surface area contributed by atoms with Crippen molar-refractivity contribution < 1.29 is 42.1 Å². The minimum Gasteiger partial charge on any atom is -0.756 e. The maximum atomic E-state index is 12.9. The van der Waals surface area contributed by atoms with Crippen molar-refractivity contribution in [1.82, 2.24) is 0 Å². The second-order valence-electron chi connectivity index (χ2n) is 29.1. The van der Waals surface area contributed by atoms with Crippen molar-refractivity contribution in [3.05, 3.63) is 24.3 Å². The van der Waals surface area contributed by atoms with Crippen molar-refractivity contribution in [3.63, 3.8) is 0 Å². The van der Waals surface area contributed by atoms with Crippen LogP contribution in [0.4, 0.5) is 0 Å². The van der Waals surface area contributed by atoms with Gasteiger partial charge in [0.2, 0.25) is 0 Å². The Bertz CT molecular complexity index is 1580. The number of esters is 2. The topological polar surface area (TPSA) is 111 Å². The highest BCUT2D eigenvalue weighted by Crippen LogP contribution is 2.38. The van der Waals surface area contributed by atoms with Crippen LogP contribution in [0, 0.1) is 0 Å². The van der Waals surface area contributed by atoms with Crippen LogP contribution in [0.5, 0.6) is 0 Å². The van der Waals surface area contributed by atoms with E-state index in [1.54, 1.807) is 0 Å². The molecule has 0 aromatic heterocycles. The van der Waals surface area contributed by atoms with Gasteiger partial charge in [0, 0.05) is 12.8 Å². The highest BCUT2D eigenvalue weighted by Gasteiger charge is 2.22. The zero-order valence-corrected chi connectivity index (χ0v) is 62.7. The number of phosphoric ester groups is 1. The second kappa shape index (κ2) is 72.8. The molecule has 0 bridgehead atoms. The van der Waals surface area contributed by atoms with Crippen molar-refractivity contribution in [1.29, 1.82) is 0 Å². The van der Waals surface area contributed by atoms with Crippen molar-refractivity contribution >= 4 is 19.8 Å². The predicted molar refractivity (Wildman–Crippen MR) is 393 cm³/mol. The Morgan fingerprint density at radius 3 is 0.868 bits per heavy atom. The smallest absolute Gasteiger partial charge is 0.306 e. The highest BCUT2D eigenvalue weighted by atomic mass is 31.2. The number of carbonyl (C=O) groups excluding carboxylic acids is 2. The molecule has 91 heavy (non-hydrogen) atoms. The molecule has 0 saturated carbocycles. The number of unbranched alkanes of at least 4 members (excludes halogenated alkanes) is 59. The van der Waals surface area contributed by atoms with Gasteiger partial charge in [-0.3, -0.25) is 14.2 Å². The molecule has 0 aromatic rings. The Hall–Kier alpha value is -1.51. The molecule has 0 saturated heterocycles. The standard InChI is InChI=1S/C81H158NO8P/c1-6-8-10-12-14-16-18-20-22-24-26-28-30-32-34-36-38-39-40-41-42-43-44-46-48-50-52-54-56-58-60-62-64-66-68-70-72-74-81(84)90-79(78-89-91(85,86)88-76-75-82(3,4)5)77-87-80(83)73-71-69-67-65-63-61-59-57-55-53-51-49-47-45-37-35-33-31-29-27-25-23-21-19-17-15-13-11-9-7-2/h18,20,24,26,79H,6-17,19,21-23,25,27-78H2,1-5H3/b20-18-,26-24-. The molecule has 10 heteroatoms. The van der Waals surface area contributed by atoms with Crippen molar-refractivity contribution in [2.75, 3.05) is 47.5 Å². The van der Waals surface area contributed by atoms with E-state index in [0.717, 1.165) is 38.5 Å². The number of quaternary nitrogens is 1. The molecule has 0 amide bonds. The third-order valence-electron chi connectivity index (χ3n) is 18.7. The normalized spacial score (nSPS) is 13.1. The fraction of sp³-hybridized carbons (Fsp3) is 0.926. The molecule has 0 heterocycles. The Balaban J connectivity index is 3.89. The molecular formula is C81H158NO8P. The third-order valence-corrected chi connectivity index (χ3v) is 19.7. The zero-order valence-electron chi connectivity index (χ0n) is 61.8. The van der Waals surface area contributed by atoms with Gasteiger partial charge in [0.05, 0.1) is 27.7 Å². The van der Waals surface area contributed by atoms with Crippen LogP contribution in [-0.4, -0.2) is 70.0 Å². The second-order valence-corrected chi connectivity index (χ2v) is 30.6. The molecular weight excluding hydrogens is 1150 g/mol. The molecule has 0 aliphatic heterocycles. The predicted octanol–water partition coefficient (Wildman–Crippen LogP) is 26.2. The largest absolute Gasteiger partial charge is 0.756 e. The molecule has 540 valence electrons. The minimum atomic E-state index is -4.64. The molecule has 0 aliphatic rings. The first-order valence-corrected chi connectivity index (χ1v) is 42.0. The van der Waals surface area contributed by atoms with E-state index in [0.29, 0.717) is 17.4 Å². The lowest BCUT2D eigenvalue weighted by atomic mass is 10.0. The number of ether oxygens (including phenoxy) is 2. The summed E-state index contributed by atoms with van der Waals surface area (Å²) in [5.41, 5.74) is 0. The molecule has 9 nitrogen and oxygen atoms in total. The van der Waals surface area contributed by atoms with Crippen LogP contribution >= 0.6 is 7.82 Å². The summed E-state index contributed by atoms with van der Waals surface area (Å²) in [6.07, 6.45) is 93.1. The van der Waals surface area contributed by atoms with Crippen LogP contribution in [0.15, 0.2) is 24.3 Å².